The third-order valence-corrected chi connectivity index (χ3v) is 2.37. The fourth-order valence-corrected chi connectivity index (χ4v) is 1.49. The Hall–Kier alpha value is -1.85. The van der Waals surface area contributed by atoms with Crippen LogP contribution < -0.4 is 10.5 Å². The van der Waals surface area contributed by atoms with Gasteiger partial charge in [0.25, 0.3) is 5.56 Å². The minimum absolute atomic E-state index is 0.191. The van der Waals surface area contributed by atoms with Crippen molar-refractivity contribution in [2.45, 2.75) is 20.3 Å². The molecule has 0 aliphatic heterocycles. The molecule has 1 N–H and O–H groups in total. The molecule has 0 amide bonds. The molecule has 0 saturated carbocycles. The molecule has 94 valence electrons. The van der Waals surface area contributed by atoms with E-state index in [0.717, 1.165) is 0 Å². The van der Waals surface area contributed by atoms with Gasteiger partial charge in [-0.15, -0.1) is 0 Å². The topological polar surface area (TPSA) is 75.3 Å². The summed E-state index contributed by atoms with van der Waals surface area (Å²) in [5.74, 6) is 0.867. The molecule has 17 heavy (non-hydrogen) atoms. The Kier molecular flexibility index (Phi) is 4.68. The number of H-pyrrole nitrogens is 1. The van der Waals surface area contributed by atoms with E-state index in [1.165, 1.54) is 13.2 Å². The summed E-state index contributed by atoms with van der Waals surface area (Å²) in [4.78, 5) is 31.0. The van der Waals surface area contributed by atoms with Crippen molar-refractivity contribution in [3.63, 3.8) is 0 Å². The first-order chi connectivity index (χ1) is 8.06. The first kappa shape index (κ1) is 13.2. The van der Waals surface area contributed by atoms with Gasteiger partial charge in [0.05, 0.1) is 13.5 Å². The number of aryl methyl sites for hydroxylation is 1. The van der Waals surface area contributed by atoms with E-state index in [9.17, 15) is 9.59 Å². The van der Waals surface area contributed by atoms with E-state index in [1.54, 1.807) is 6.92 Å². The van der Waals surface area contributed by atoms with Crippen LogP contribution in [0.15, 0.2) is 10.9 Å². The summed E-state index contributed by atoms with van der Waals surface area (Å²) in [7, 11) is 1.36. The molecule has 0 saturated heterocycles. The van der Waals surface area contributed by atoms with Crippen LogP contribution in [-0.4, -0.2) is 36.1 Å². The molecule has 0 spiro atoms. The van der Waals surface area contributed by atoms with Crippen LogP contribution in [0.1, 0.15) is 19.2 Å². The van der Waals surface area contributed by atoms with Crippen molar-refractivity contribution < 1.29 is 9.53 Å². The smallest absolute Gasteiger partial charge is 0.307 e. The van der Waals surface area contributed by atoms with Gasteiger partial charge in [-0.25, -0.2) is 4.98 Å². The van der Waals surface area contributed by atoms with E-state index in [1.807, 2.05) is 11.8 Å². The van der Waals surface area contributed by atoms with Gasteiger partial charge in [-0.3, -0.25) is 9.59 Å². The second-order valence-electron chi connectivity index (χ2n) is 3.59. The number of carbonyl (C=O) groups excluding carboxylic acids is 1. The van der Waals surface area contributed by atoms with Gasteiger partial charge in [0.2, 0.25) is 0 Å². The van der Waals surface area contributed by atoms with E-state index in [4.69, 9.17) is 0 Å². The summed E-state index contributed by atoms with van der Waals surface area (Å²) < 4.78 is 4.57. The maximum Gasteiger partial charge on any atom is 0.307 e. The Morgan fingerprint density at radius 2 is 2.29 bits per heavy atom. The molecule has 0 fully saturated rings. The Bertz CT molecular complexity index is 442. The second-order valence-corrected chi connectivity index (χ2v) is 3.59. The van der Waals surface area contributed by atoms with Gasteiger partial charge < -0.3 is 14.6 Å². The Morgan fingerprint density at radius 1 is 1.59 bits per heavy atom. The molecule has 1 aromatic rings. The van der Waals surface area contributed by atoms with Crippen LogP contribution in [0.3, 0.4) is 0 Å². The van der Waals surface area contributed by atoms with Crippen molar-refractivity contribution in [1.82, 2.24) is 9.97 Å². The largest absolute Gasteiger partial charge is 0.469 e. The Balaban J connectivity index is 2.79. The van der Waals surface area contributed by atoms with Gasteiger partial charge in [-0.2, -0.15) is 0 Å². The standard InChI is InChI=1S/C11H17N3O3/c1-4-14(6-5-11(16)17-3)9-7-10(15)13-8(2)12-9/h7H,4-6H2,1-3H3,(H,12,13,15). The van der Waals surface area contributed by atoms with Crippen molar-refractivity contribution >= 4 is 11.8 Å². The van der Waals surface area contributed by atoms with Crippen LogP contribution >= 0.6 is 0 Å². The molecule has 6 nitrogen and oxygen atoms in total. The van der Waals surface area contributed by atoms with Crippen LogP contribution in [-0.2, 0) is 9.53 Å². The van der Waals surface area contributed by atoms with Crippen LogP contribution in [0.5, 0.6) is 0 Å². The lowest BCUT2D eigenvalue weighted by atomic mass is 10.3. The van der Waals surface area contributed by atoms with Gasteiger partial charge in [-0.1, -0.05) is 0 Å². The van der Waals surface area contributed by atoms with Gasteiger partial charge in [0.1, 0.15) is 11.6 Å². The molecule has 0 unspecified atom stereocenters. The monoisotopic (exact) mass is 239 g/mol. The normalized spacial score (nSPS) is 10.1. The Morgan fingerprint density at radius 3 is 2.82 bits per heavy atom. The van der Waals surface area contributed by atoms with Gasteiger partial charge in [0.15, 0.2) is 0 Å². The number of hydrogen-bond donors (Lipinski definition) is 1. The van der Waals surface area contributed by atoms with Crippen LogP contribution in [0.25, 0.3) is 0 Å². The fourth-order valence-electron chi connectivity index (χ4n) is 1.49. The first-order valence-electron chi connectivity index (χ1n) is 5.46. The number of ether oxygens (including phenoxy) is 1. The highest BCUT2D eigenvalue weighted by Gasteiger charge is 2.10. The molecule has 0 aliphatic rings. The number of methoxy groups -OCH3 is 1. The fraction of sp³-hybridized carbons (Fsp3) is 0.545. The molecule has 1 aromatic heterocycles. The maximum absolute atomic E-state index is 11.3. The van der Waals surface area contributed by atoms with E-state index < -0.39 is 0 Å². The summed E-state index contributed by atoms with van der Waals surface area (Å²) in [6.07, 6.45) is 0.276. The maximum atomic E-state index is 11.3. The van der Waals surface area contributed by atoms with E-state index in [2.05, 4.69) is 14.7 Å². The molecule has 0 aliphatic carbocycles. The van der Waals surface area contributed by atoms with Crippen LogP contribution in [0, 0.1) is 6.92 Å². The first-order valence-corrected chi connectivity index (χ1v) is 5.46. The van der Waals surface area contributed by atoms with Gasteiger partial charge in [0, 0.05) is 19.2 Å². The average molecular weight is 239 g/mol. The molecule has 0 bridgehead atoms. The number of esters is 1. The average Bonchev–Trinajstić information content (AvgIpc) is 2.28. The summed E-state index contributed by atoms with van der Waals surface area (Å²) >= 11 is 0. The van der Waals surface area contributed by atoms with Gasteiger partial charge >= 0.3 is 5.97 Å². The SMILES string of the molecule is CCN(CCC(=O)OC)c1cc(=O)[nH]c(C)n1. The lowest BCUT2D eigenvalue weighted by Gasteiger charge is -2.21. The van der Waals surface area contributed by atoms with E-state index >= 15 is 0 Å². The highest BCUT2D eigenvalue weighted by Crippen LogP contribution is 2.08. The zero-order chi connectivity index (χ0) is 12.8. The molecule has 6 heteroatoms. The van der Waals surface area contributed by atoms with Crippen LogP contribution in [0.2, 0.25) is 0 Å². The van der Waals surface area contributed by atoms with E-state index in [0.29, 0.717) is 24.7 Å². The molecule has 1 heterocycles. The number of nitrogens with one attached hydrogen (secondary N) is 1. The van der Waals surface area contributed by atoms with Crippen molar-refractivity contribution in [2.24, 2.45) is 0 Å². The van der Waals surface area contributed by atoms with Crippen molar-refractivity contribution in [3.8, 4) is 0 Å². The van der Waals surface area contributed by atoms with Crippen molar-refractivity contribution in [3.05, 3.63) is 22.2 Å². The number of nitrogens with zero attached hydrogens (tertiary/aromatic N) is 2. The highest BCUT2D eigenvalue weighted by molar-refractivity contribution is 5.69. The number of hydrogen-bond acceptors (Lipinski definition) is 5. The minimum Gasteiger partial charge on any atom is -0.469 e. The predicted octanol–water partition coefficient (Wildman–Crippen LogP) is 0.468. The lowest BCUT2D eigenvalue weighted by Crippen LogP contribution is -2.28. The van der Waals surface area contributed by atoms with Crippen molar-refractivity contribution in [2.75, 3.05) is 25.1 Å². The molecule has 0 atom stereocenters. The zero-order valence-electron chi connectivity index (χ0n) is 10.3. The summed E-state index contributed by atoms with van der Waals surface area (Å²) in [5.41, 5.74) is -0.191. The minimum atomic E-state index is -0.273. The third-order valence-electron chi connectivity index (χ3n) is 2.37. The van der Waals surface area contributed by atoms with Crippen LogP contribution in [0.4, 0.5) is 5.82 Å². The summed E-state index contributed by atoms with van der Waals surface area (Å²) in [6, 6.07) is 1.42. The molecule has 0 aromatic carbocycles. The summed E-state index contributed by atoms with van der Waals surface area (Å²) in [6.45, 7) is 4.82. The molecular weight excluding hydrogens is 222 g/mol. The quantitative estimate of drug-likeness (QED) is 0.756. The Labute approximate surface area is 99.6 Å². The number of rotatable bonds is 5. The number of carbonyl (C=O) groups is 1. The van der Waals surface area contributed by atoms with E-state index in [-0.39, 0.29) is 17.9 Å². The summed E-state index contributed by atoms with van der Waals surface area (Å²) in [5, 5.41) is 0. The van der Waals surface area contributed by atoms with Crippen molar-refractivity contribution in [1.29, 1.82) is 0 Å². The number of anilines is 1. The lowest BCUT2D eigenvalue weighted by molar-refractivity contribution is -0.140. The number of aromatic nitrogens is 2. The van der Waals surface area contributed by atoms with Gasteiger partial charge in [-0.05, 0) is 13.8 Å². The predicted molar refractivity (Wildman–Crippen MR) is 64.1 cm³/mol. The molecule has 0 radical (unpaired) electrons. The zero-order valence-corrected chi connectivity index (χ0v) is 10.3. The second kappa shape index (κ2) is 6.03. The molecular formula is C11H17N3O3. The number of aromatic amines is 1. The highest BCUT2D eigenvalue weighted by atomic mass is 16.5. The molecule has 1 rings (SSSR count). The third kappa shape index (κ3) is 3.90.